The Hall–Kier alpha value is -3.20. The Morgan fingerprint density at radius 3 is 2.50 bits per heavy atom. The Kier molecular flexibility index (Phi) is 4.82. The number of aryl methyl sites for hydroxylation is 2. The molecule has 2 aliphatic rings. The number of piperidine rings is 1. The van der Waals surface area contributed by atoms with Gasteiger partial charge >= 0.3 is 5.69 Å². The summed E-state index contributed by atoms with van der Waals surface area (Å²) in [4.78, 5) is 22.3. The van der Waals surface area contributed by atoms with Crippen LogP contribution in [0.1, 0.15) is 42.8 Å². The molecule has 142 valence electrons. The molecule has 2 atom stereocenters. The van der Waals surface area contributed by atoms with Crippen molar-refractivity contribution < 1.29 is 4.92 Å². The molecule has 2 saturated heterocycles. The summed E-state index contributed by atoms with van der Waals surface area (Å²) in [6, 6.07) is 9.59. The minimum atomic E-state index is -0.326. The molecule has 2 unspecified atom stereocenters. The summed E-state index contributed by atoms with van der Waals surface area (Å²) < 4.78 is 0. The van der Waals surface area contributed by atoms with Gasteiger partial charge in [0.25, 0.3) is 0 Å². The van der Waals surface area contributed by atoms with Crippen molar-refractivity contribution in [2.45, 2.75) is 51.6 Å². The summed E-state index contributed by atoms with van der Waals surface area (Å²) in [6.07, 6.45) is 5.81. The highest BCUT2D eigenvalue weighted by molar-refractivity contribution is 5.61. The average Bonchev–Trinajstić information content (AvgIpc) is 2.92. The molecule has 4 heterocycles. The van der Waals surface area contributed by atoms with E-state index in [2.05, 4.69) is 26.7 Å². The van der Waals surface area contributed by atoms with Crippen molar-refractivity contribution in [2.24, 2.45) is 0 Å². The molecule has 0 spiro atoms. The van der Waals surface area contributed by atoms with Gasteiger partial charge in [0.05, 0.1) is 4.92 Å². The van der Waals surface area contributed by atoms with E-state index in [-0.39, 0.29) is 22.7 Å². The smallest absolute Gasteiger partial charge is 0.311 e. The van der Waals surface area contributed by atoms with Crippen molar-refractivity contribution in [1.82, 2.24) is 9.97 Å². The largest absolute Gasteiger partial charge is 0.344 e. The Labute approximate surface area is 164 Å². The van der Waals surface area contributed by atoms with Gasteiger partial charge in [-0.2, -0.15) is 0 Å². The van der Waals surface area contributed by atoms with E-state index in [1.807, 2.05) is 38.1 Å². The summed E-state index contributed by atoms with van der Waals surface area (Å²) in [5.41, 5.74) is 3.94. The fourth-order valence-electron chi connectivity index (χ4n) is 4.21. The summed E-state index contributed by atoms with van der Waals surface area (Å²) in [6.45, 7) is 3.83. The van der Waals surface area contributed by atoms with Gasteiger partial charge in [0, 0.05) is 29.5 Å². The van der Waals surface area contributed by atoms with Crippen LogP contribution in [0.2, 0.25) is 0 Å². The van der Waals surface area contributed by atoms with Gasteiger partial charge in [0.15, 0.2) is 0 Å². The fourth-order valence-corrected chi connectivity index (χ4v) is 4.21. The van der Waals surface area contributed by atoms with Crippen LogP contribution in [0.4, 0.5) is 11.5 Å². The highest BCUT2D eigenvalue weighted by Crippen LogP contribution is 2.43. The highest BCUT2D eigenvalue weighted by Gasteiger charge is 2.41. The molecule has 0 aromatic carbocycles. The van der Waals surface area contributed by atoms with Crippen LogP contribution in [-0.2, 0) is 0 Å². The van der Waals surface area contributed by atoms with Crippen molar-refractivity contribution >= 4 is 11.5 Å². The number of fused-ring (bicyclic) bond motifs is 2. The van der Waals surface area contributed by atoms with E-state index in [0.717, 1.165) is 42.8 Å². The van der Waals surface area contributed by atoms with Crippen molar-refractivity contribution in [3.63, 3.8) is 0 Å². The molecule has 2 aliphatic heterocycles. The first kappa shape index (κ1) is 18.2. The van der Waals surface area contributed by atoms with Crippen molar-refractivity contribution in [2.75, 3.05) is 4.90 Å². The first-order valence-electron chi connectivity index (χ1n) is 9.55. The average molecular weight is 374 g/mol. The zero-order valence-electron chi connectivity index (χ0n) is 16.1. The summed E-state index contributed by atoms with van der Waals surface area (Å²) >= 11 is 0. The van der Waals surface area contributed by atoms with Gasteiger partial charge < -0.3 is 4.90 Å². The first-order chi connectivity index (χ1) is 13.5. The van der Waals surface area contributed by atoms with Gasteiger partial charge in [-0.1, -0.05) is 17.6 Å². The van der Waals surface area contributed by atoms with Gasteiger partial charge in [0.2, 0.25) is 5.82 Å². The number of hydrogen-bond acceptors (Lipinski definition) is 5. The van der Waals surface area contributed by atoms with E-state index in [1.54, 1.807) is 12.1 Å². The third kappa shape index (κ3) is 3.61. The lowest BCUT2D eigenvalue weighted by molar-refractivity contribution is -0.384. The molecular weight excluding hydrogens is 352 g/mol. The van der Waals surface area contributed by atoms with E-state index in [0.29, 0.717) is 5.82 Å². The number of hydrogen-bond donors (Lipinski definition) is 0. The highest BCUT2D eigenvalue weighted by atomic mass is 16.6. The summed E-state index contributed by atoms with van der Waals surface area (Å²) in [7, 11) is 0. The lowest BCUT2D eigenvalue weighted by Crippen LogP contribution is -2.41. The molecule has 6 heteroatoms. The second-order valence-corrected chi connectivity index (χ2v) is 7.49. The molecular formula is C22H22N4O2. The van der Waals surface area contributed by atoms with Crippen LogP contribution in [0, 0.1) is 35.8 Å². The Balaban J connectivity index is 1.56. The number of anilines is 1. The van der Waals surface area contributed by atoms with E-state index in [1.165, 1.54) is 5.57 Å². The lowest BCUT2D eigenvalue weighted by Gasteiger charge is -2.36. The van der Waals surface area contributed by atoms with Gasteiger partial charge in [0.1, 0.15) is 5.69 Å². The molecule has 0 aliphatic carbocycles. The predicted molar refractivity (Wildman–Crippen MR) is 108 cm³/mol. The minimum absolute atomic E-state index is 0.0974. The third-order valence-electron chi connectivity index (χ3n) is 5.42. The Morgan fingerprint density at radius 2 is 1.82 bits per heavy atom. The van der Waals surface area contributed by atoms with Crippen LogP contribution < -0.4 is 4.90 Å². The second kappa shape index (κ2) is 7.43. The van der Waals surface area contributed by atoms with Crippen LogP contribution in [-0.4, -0.2) is 27.0 Å². The van der Waals surface area contributed by atoms with Crippen molar-refractivity contribution in [3.05, 3.63) is 69.2 Å². The van der Waals surface area contributed by atoms with Gasteiger partial charge in [-0.05, 0) is 69.7 Å². The normalized spacial score (nSPS) is 20.5. The first-order valence-corrected chi connectivity index (χ1v) is 9.55. The maximum atomic E-state index is 11.5. The van der Waals surface area contributed by atoms with Crippen molar-refractivity contribution in [1.29, 1.82) is 0 Å². The molecule has 4 rings (SSSR count). The number of allylic oxidation sites excluding steroid dienone is 1. The fraction of sp³-hybridized carbons (Fsp3) is 0.364. The lowest BCUT2D eigenvalue weighted by atomic mass is 9.96. The zero-order valence-corrected chi connectivity index (χ0v) is 16.1. The minimum Gasteiger partial charge on any atom is -0.344 e. The topological polar surface area (TPSA) is 72.2 Å². The number of aromatic nitrogens is 2. The maximum Gasteiger partial charge on any atom is 0.311 e. The molecule has 6 nitrogen and oxygen atoms in total. The van der Waals surface area contributed by atoms with E-state index < -0.39 is 0 Å². The standard InChI is InChI=1S/C22H22N4O2/c1-15-5-3-7-18(23-15)8-4-6-17-13-19-10-11-20(14-17)25(19)22-21(26(27)28)12-9-16(2)24-22/h3,5-7,9,12,19-20H,10-11,13-14H2,1-2H3. The zero-order chi connectivity index (χ0) is 19.7. The number of pyridine rings is 2. The number of nitrogens with zero attached hydrogens (tertiary/aromatic N) is 4. The number of nitro groups is 1. The van der Waals surface area contributed by atoms with Crippen LogP contribution in [0.25, 0.3) is 0 Å². The molecule has 0 saturated carbocycles. The third-order valence-corrected chi connectivity index (χ3v) is 5.42. The molecule has 2 aromatic rings. The summed E-state index contributed by atoms with van der Waals surface area (Å²) in [5, 5.41) is 11.5. The van der Waals surface area contributed by atoms with Crippen molar-refractivity contribution in [3.8, 4) is 11.8 Å². The van der Waals surface area contributed by atoms with E-state index in [4.69, 9.17) is 0 Å². The molecule has 2 aromatic heterocycles. The molecule has 2 fully saturated rings. The number of rotatable bonds is 2. The Morgan fingerprint density at radius 1 is 1.11 bits per heavy atom. The molecule has 2 bridgehead atoms. The molecule has 28 heavy (non-hydrogen) atoms. The maximum absolute atomic E-state index is 11.5. The molecule has 0 N–H and O–H groups in total. The van der Waals surface area contributed by atoms with Crippen LogP contribution in [0.3, 0.4) is 0 Å². The molecule has 0 radical (unpaired) electrons. The van der Waals surface area contributed by atoms with Gasteiger partial charge in [-0.25, -0.2) is 9.97 Å². The monoisotopic (exact) mass is 374 g/mol. The summed E-state index contributed by atoms with van der Waals surface area (Å²) in [5.74, 6) is 6.77. The van der Waals surface area contributed by atoms with Gasteiger partial charge in [-0.3, -0.25) is 10.1 Å². The van der Waals surface area contributed by atoms with E-state index >= 15 is 0 Å². The van der Waals surface area contributed by atoms with E-state index in [9.17, 15) is 10.1 Å². The van der Waals surface area contributed by atoms with Crippen LogP contribution in [0.15, 0.2) is 42.0 Å². The van der Waals surface area contributed by atoms with Crippen LogP contribution in [0.5, 0.6) is 0 Å². The van der Waals surface area contributed by atoms with Gasteiger partial charge in [-0.15, -0.1) is 0 Å². The Bertz CT molecular complexity index is 1000. The quantitative estimate of drug-likeness (QED) is 0.449. The second-order valence-electron chi connectivity index (χ2n) is 7.49. The SMILES string of the molecule is Cc1cccc(C#CC=C2CC3CCC(C2)N3c2nc(C)ccc2[N+](=O)[O-])n1. The predicted octanol–water partition coefficient (Wildman–Crippen LogP) is 4.11. The molecule has 0 amide bonds. The van der Waals surface area contributed by atoms with Crippen LogP contribution >= 0.6 is 0 Å².